The van der Waals surface area contributed by atoms with Crippen LogP contribution in [0.5, 0.6) is 0 Å². The number of halogens is 1. The predicted octanol–water partition coefficient (Wildman–Crippen LogP) is 1.85. The first kappa shape index (κ1) is 21.6. The molecule has 9 heteroatoms. The number of primary amides is 1. The van der Waals surface area contributed by atoms with Crippen LogP contribution in [-0.4, -0.2) is 54.6 Å². The van der Waals surface area contributed by atoms with Crippen molar-refractivity contribution >= 4 is 33.4 Å². The van der Waals surface area contributed by atoms with Gasteiger partial charge in [-0.3, -0.25) is 9.59 Å². The van der Waals surface area contributed by atoms with Crippen LogP contribution in [0.3, 0.4) is 0 Å². The molecule has 2 unspecified atom stereocenters. The van der Waals surface area contributed by atoms with Gasteiger partial charge in [0.1, 0.15) is 6.04 Å². The second-order valence-electron chi connectivity index (χ2n) is 7.48. The number of hydrogen-bond donors (Lipinski definition) is 1. The number of carbonyl (C=O) groups excluding carboxylic acids is 2. The van der Waals surface area contributed by atoms with E-state index in [-0.39, 0.29) is 39.9 Å². The number of amides is 2. The molecular formula is C20H24ClN3O4S. The molecule has 2 amide bonds. The van der Waals surface area contributed by atoms with E-state index in [1.54, 1.807) is 4.90 Å². The van der Waals surface area contributed by atoms with Gasteiger partial charge in [-0.15, -0.1) is 6.42 Å². The minimum absolute atomic E-state index is 0.00313. The molecule has 2 aliphatic rings. The summed E-state index contributed by atoms with van der Waals surface area (Å²) in [6.07, 6.45) is 7.99. The molecule has 2 saturated heterocycles. The van der Waals surface area contributed by atoms with Gasteiger partial charge in [0.2, 0.25) is 21.8 Å². The molecule has 0 spiro atoms. The van der Waals surface area contributed by atoms with Gasteiger partial charge in [-0.05, 0) is 43.4 Å². The lowest BCUT2D eigenvalue weighted by molar-refractivity contribution is -0.134. The Morgan fingerprint density at radius 3 is 2.69 bits per heavy atom. The van der Waals surface area contributed by atoms with Crippen molar-refractivity contribution in [1.82, 2.24) is 9.21 Å². The van der Waals surface area contributed by atoms with Crippen molar-refractivity contribution in [2.24, 2.45) is 11.7 Å². The highest BCUT2D eigenvalue weighted by atomic mass is 35.5. The Labute approximate surface area is 176 Å². The molecule has 1 aromatic carbocycles. The second kappa shape index (κ2) is 8.34. The number of sulfonamides is 1. The smallest absolute Gasteiger partial charge is 0.248 e. The van der Waals surface area contributed by atoms with Gasteiger partial charge in [0, 0.05) is 23.2 Å². The van der Waals surface area contributed by atoms with Crippen LogP contribution in [0.4, 0.5) is 0 Å². The molecule has 2 heterocycles. The monoisotopic (exact) mass is 437 g/mol. The molecule has 0 aromatic heterocycles. The Hall–Kier alpha value is -2.08. The van der Waals surface area contributed by atoms with E-state index in [0.29, 0.717) is 25.8 Å². The molecule has 156 valence electrons. The van der Waals surface area contributed by atoms with Gasteiger partial charge in [-0.2, -0.15) is 4.31 Å². The van der Waals surface area contributed by atoms with Gasteiger partial charge in [0.05, 0.1) is 11.4 Å². The quantitative estimate of drug-likeness (QED) is 0.710. The summed E-state index contributed by atoms with van der Waals surface area (Å²) in [4.78, 5) is 26.2. The fraction of sp³-hybridized carbons (Fsp3) is 0.500. The van der Waals surface area contributed by atoms with Gasteiger partial charge in [-0.1, -0.05) is 30.9 Å². The molecule has 2 N–H and O–H groups in total. The molecule has 3 atom stereocenters. The number of fused-ring (bicyclic) bond motifs is 2. The van der Waals surface area contributed by atoms with Crippen molar-refractivity contribution < 1.29 is 18.0 Å². The molecule has 0 saturated carbocycles. The summed E-state index contributed by atoms with van der Waals surface area (Å²) in [6.45, 7) is 2.55. The van der Waals surface area contributed by atoms with E-state index in [2.05, 4.69) is 5.92 Å². The van der Waals surface area contributed by atoms with E-state index in [4.69, 9.17) is 23.8 Å². The SMILES string of the molecule is C#CCN1C[C@H](CC)C2CCCC(C1=O)N2S(=O)(=O)c1cc(Cl)cc(C(N)=O)c1. The molecule has 2 fully saturated rings. The topological polar surface area (TPSA) is 101 Å². The van der Waals surface area contributed by atoms with Crippen molar-refractivity contribution in [2.45, 2.75) is 49.6 Å². The van der Waals surface area contributed by atoms with E-state index < -0.39 is 22.0 Å². The van der Waals surface area contributed by atoms with Crippen molar-refractivity contribution in [2.75, 3.05) is 13.1 Å². The van der Waals surface area contributed by atoms with Gasteiger partial charge < -0.3 is 10.6 Å². The average molecular weight is 438 g/mol. The standard InChI is InChI=1S/C20H24ClN3O4S/c1-3-8-23-12-13(4-2)17-6-5-7-18(20(23)26)24(17)29(27,28)16-10-14(19(22)25)9-15(21)11-16/h1,9-11,13,17-18H,4-8,12H2,2H3,(H2,22,25)/t13-,17?,18?/m0/s1. The Balaban J connectivity index is 2.13. The number of carbonyl (C=O) groups is 2. The molecule has 1 aromatic rings. The van der Waals surface area contributed by atoms with Crippen molar-refractivity contribution in [1.29, 1.82) is 0 Å². The molecular weight excluding hydrogens is 414 g/mol. The summed E-state index contributed by atoms with van der Waals surface area (Å²) in [5.41, 5.74) is 5.32. The van der Waals surface area contributed by atoms with E-state index in [9.17, 15) is 18.0 Å². The van der Waals surface area contributed by atoms with E-state index >= 15 is 0 Å². The molecule has 29 heavy (non-hydrogen) atoms. The maximum Gasteiger partial charge on any atom is 0.248 e. The Morgan fingerprint density at radius 1 is 1.34 bits per heavy atom. The Bertz CT molecular complexity index is 972. The Kier molecular flexibility index (Phi) is 6.22. The highest BCUT2D eigenvalue weighted by molar-refractivity contribution is 7.89. The van der Waals surface area contributed by atoms with Crippen LogP contribution in [0.15, 0.2) is 23.1 Å². The predicted molar refractivity (Wildman–Crippen MR) is 110 cm³/mol. The second-order valence-corrected chi connectivity index (χ2v) is 9.76. The zero-order valence-electron chi connectivity index (χ0n) is 16.2. The third-order valence-corrected chi connectivity index (χ3v) is 7.88. The van der Waals surface area contributed by atoms with Crippen molar-refractivity contribution in [3.05, 3.63) is 28.8 Å². The summed E-state index contributed by atoms with van der Waals surface area (Å²) in [7, 11) is -4.10. The maximum atomic E-state index is 13.7. The fourth-order valence-electron chi connectivity index (χ4n) is 4.36. The molecule has 2 aliphatic heterocycles. The van der Waals surface area contributed by atoms with Crippen LogP contribution in [0.1, 0.15) is 43.0 Å². The zero-order chi connectivity index (χ0) is 21.3. The first-order chi connectivity index (χ1) is 13.7. The van der Waals surface area contributed by atoms with Gasteiger partial charge in [0.25, 0.3) is 0 Å². The average Bonchev–Trinajstić information content (AvgIpc) is 2.75. The highest BCUT2D eigenvalue weighted by Crippen LogP contribution is 2.38. The van der Waals surface area contributed by atoms with Crippen LogP contribution in [-0.2, 0) is 14.8 Å². The lowest BCUT2D eigenvalue weighted by Gasteiger charge is -2.40. The molecule has 2 bridgehead atoms. The van der Waals surface area contributed by atoms with Gasteiger partial charge in [0.15, 0.2) is 0 Å². The first-order valence-corrected chi connectivity index (χ1v) is 11.4. The summed E-state index contributed by atoms with van der Waals surface area (Å²) in [5.74, 6) is 1.41. The van der Waals surface area contributed by atoms with Crippen LogP contribution in [0.25, 0.3) is 0 Å². The fourth-order valence-corrected chi connectivity index (χ4v) is 6.62. The lowest BCUT2D eigenvalue weighted by Crippen LogP contribution is -2.54. The number of terminal acetylenes is 1. The molecule has 7 nitrogen and oxygen atoms in total. The largest absolute Gasteiger partial charge is 0.366 e. The normalized spacial score (nSPS) is 25.3. The van der Waals surface area contributed by atoms with Gasteiger partial charge >= 0.3 is 0 Å². The zero-order valence-corrected chi connectivity index (χ0v) is 17.7. The van der Waals surface area contributed by atoms with Crippen LogP contribution >= 0.6 is 11.6 Å². The number of piperidine rings is 1. The summed E-state index contributed by atoms with van der Waals surface area (Å²) in [6, 6.07) is 2.68. The third kappa shape index (κ3) is 4.00. The van der Waals surface area contributed by atoms with E-state index in [0.717, 1.165) is 6.42 Å². The van der Waals surface area contributed by atoms with E-state index in [1.165, 1.54) is 22.5 Å². The maximum absolute atomic E-state index is 13.7. The first-order valence-electron chi connectivity index (χ1n) is 9.56. The van der Waals surface area contributed by atoms with Gasteiger partial charge in [-0.25, -0.2) is 8.42 Å². The third-order valence-electron chi connectivity index (χ3n) is 5.75. The highest BCUT2D eigenvalue weighted by Gasteiger charge is 2.49. The summed E-state index contributed by atoms with van der Waals surface area (Å²) in [5, 5.41) is 0.0900. The molecule has 0 radical (unpaired) electrons. The Morgan fingerprint density at radius 2 is 2.07 bits per heavy atom. The molecule has 0 aliphatic carbocycles. The summed E-state index contributed by atoms with van der Waals surface area (Å²) < 4.78 is 28.6. The number of rotatable bonds is 5. The summed E-state index contributed by atoms with van der Waals surface area (Å²) >= 11 is 6.05. The minimum Gasteiger partial charge on any atom is -0.366 e. The number of benzene rings is 1. The van der Waals surface area contributed by atoms with Crippen molar-refractivity contribution in [3.8, 4) is 12.3 Å². The van der Waals surface area contributed by atoms with Crippen LogP contribution in [0, 0.1) is 18.3 Å². The number of nitrogens with zero attached hydrogens (tertiary/aromatic N) is 2. The number of nitrogens with two attached hydrogens (primary N) is 1. The number of hydrogen-bond acceptors (Lipinski definition) is 4. The van der Waals surface area contributed by atoms with Crippen LogP contribution in [0.2, 0.25) is 5.02 Å². The minimum atomic E-state index is -4.10. The van der Waals surface area contributed by atoms with E-state index in [1.807, 2.05) is 6.92 Å². The molecule has 3 rings (SSSR count). The van der Waals surface area contributed by atoms with Crippen LogP contribution < -0.4 is 5.73 Å². The van der Waals surface area contributed by atoms with Crippen molar-refractivity contribution in [3.63, 3.8) is 0 Å². The lowest BCUT2D eigenvalue weighted by atomic mass is 9.89.